The van der Waals surface area contributed by atoms with Crippen LogP contribution in [0.3, 0.4) is 0 Å². The predicted molar refractivity (Wildman–Crippen MR) is 72.3 cm³/mol. The van der Waals surface area contributed by atoms with Gasteiger partial charge in [0, 0.05) is 24.0 Å². The smallest absolute Gasteiger partial charge is 0.224 e. The topological polar surface area (TPSA) is 65.8 Å². The summed E-state index contributed by atoms with van der Waals surface area (Å²) in [5, 5.41) is 11.5. The van der Waals surface area contributed by atoms with Crippen LogP contribution in [0.1, 0.15) is 17.7 Å². The summed E-state index contributed by atoms with van der Waals surface area (Å²) in [7, 11) is 0. The number of carbonyl (C=O) groups is 1. The minimum absolute atomic E-state index is 0.0599. The molecule has 0 aliphatic heterocycles. The van der Waals surface area contributed by atoms with Gasteiger partial charge in [-0.3, -0.25) is 9.78 Å². The van der Waals surface area contributed by atoms with E-state index in [4.69, 9.17) is 5.26 Å². The van der Waals surface area contributed by atoms with Crippen molar-refractivity contribution < 1.29 is 4.79 Å². The van der Waals surface area contributed by atoms with Crippen molar-refractivity contribution in [3.8, 4) is 6.07 Å². The quantitative estimate of drug-likeness (QED) is 0.908. The molecule has 1 amide bonds. The summed E-state index contributed by atoms with van der Waals surface area (Å²) in [5.74, 6) is -0.0599. The molecule has 4 heteroatoms. The summed E-state index contributed by atoms with van der Waals surface area (Å²) >= 11 is 0. The molecular formula is C15H13N3O. The zero-order chi connectivity index (χ0) is 13.5. The molecule has 1 aromatic carbocycles. The van der Waals surface area contributed by atoms with Gasteiger partial charge in [-0.05, 0) is 42.8 Å². The molecule has 2 aromatic rings. The Hall–Kier alpha value is -2.67. The number of hydrogen-bond acceptors (Lipinski definition) is 3. The van der Waals surface area contributed by atoms with Gasteiger partial charge in [-0.1, -0.05) is 6.07 Å². The van der Waals surface area contributed by atoms with Crippen molar-refractivity contribution in [2.24, 2.45) is 0 Å². The van der Waals surface area contributed by atoms with Crippen LogP contribution in [-0.4, -0.2) is 10.9 Å². The first-order valence-corrected chi connectivity index (χ1v) is 5.98. The van der Waals surface area contributed by atoms with Gasteiger partial charge in [-0.2, -0.15) is 5.26 Å². The Morgan fingerprint density at radius 2 is 2.00 bits per heavy atom. The van der Waals surface area contributed by atoms with E-state index in [-0.39, 0.29) is 5.91 Å². The lowest BCUT2D eigenvalue weighted by Crippen LogP contribution is -2.12. The molecule has 0 saturated heterocycles. The van der Waals surface area contributed by atoms with Crippen molar-refractivity contribution in [2.75, 3.05) is 5.32 Å². The van der Waals surface area contributed by atoms with Crippen LogP contribution >= 0.6 is 0 Å². The summed E-state index contributed by atoms with van der Waals surface area (Å²) in [6, 6.07) is 14.5. The van der Waals surface area contributed by atoms with E-state index in [1.165, 1.54) is 0 Å². The predicted octanol–water partition coefficient (Wildman–Crippen LogP) is 2.52. The maximum Gasteiger partial charge on any atom is 0.224 e. The second-order valence-corrected chi connectivity index (χ2v) is 4.06. The van der Waals surface area contributed by atoms with Crippen LogP contribution in [0.25, 0.3) is 0 Å². The van der Waals surface area contributed by atoms with Gasteiger partial charge in [0.25, 0.3) is 0 Å². The highest BCUT2D eigenvalue weighted by atomic mass is 16.1. The van der Waals surface area contributed by atoms with E-state index in [1.54, 1.807) is 30.5 Å². The number of benzene rings is 1. The Labute approximate surface area is 111 Å². The molecular weight excluding hydrogens is 238 g/mol. The Bertz CT molecular complexity index is 585. The molecule has 0 unspecified atom stereocenters. The second-order valence-electron chi connectivity index (χ2n) is 4.06. The van der Waals surface area contributed by atoms with Gasteiger partial charge in [-0.25, -0.2) is 0 Å². The molecule has 0 bridgehead atoms. The fourth-order valence-corrected chi connectivity index (χ4v) is 1.64. The molecule has 0 aliphatic carbocycles. The van der Waals surface area contributed by atoms with Gasteiger partial charge < -0.3 is 5.32 Å². The zero-order valence-electron chi connectivity index (χ0n) is 10.3. The minimum atomic E-state index is -0.0599. The van der Waals surface area contributed by atoms with Gasteiger partial charge in [0.1, 0.15) is 0 Å². The third-order valence-corrected chi connectivity index (χ3v) is 2.63. The number of nitrogens with one attached hydrogen (secondary N) is 1. The van der Waals surface area contributed by atoms with E-state index >= 15 is 0 Å². The van der Waals surface area contributed by atoms with Gasteiger partial charge >= 0.3 is 0 Å². The molecule has 1 aromatic heterocycles. The maximum atomic E-state index is 11.7. The first kappa shape index (κ1) is 12.8. The average molecular weight is 251 g/mol. The normalized spacial score (nSPS) is 9.63. The number of aromatic nitrogens is 1. The van der Waals surface area contributed by atoms with Gasteiger partial charge in [0.05, 0.1) is 11.6 Å². The van der Waals surface area contributed by atoms with Crippen molar-refractivity contribution in [3.63, 3.8) is 0 Å². The lowest BCUT2D eigenvalue weighted by Gasteiger charge is -2.04. The molecule has 1 N–H and O–H groups in total. The molecule has 0 aliphatic rings. The number of aryl methyl sites for hydroxylation is 1. The SMILES string of the molecule is N#Cc1ccc(NC(=O)CCc2ccccn2)cc1. The van der Waals surface area contributed by atoms with E-state index in [0.29, 0.717) is 24.1 Å². The molecule has 0 saturated carbocycles. The van der Waals surface area contributed by atoms with Crippen molar-refractivity contribution >= 4 is 11.6 Å². The van der Waals surface area contributed by atoms with Crippen LogP contribution < -0.4 is 5.32 Å². The molecule has 19 heavy (non-hydrogen) atoms. The highest BCUT2D eigenvalue weighted by Crippen LogP contribution is 2.09. The molecule has 0 atom stereocenters. The van der Waals surface area contributed by atoms with E-state index in [9.17, 15) is 4.79 Å². The molecule has 94 valence electrons. The van der Waals surface area contributed by atoms with Crippen LogP contribution in [0.2, 0.25) is 0 Å². The number of rotatable bonds is 4. The van der Waals surface area contributed by atoms with Crippen LogP contribution in [0.15, 0.2) is 48.7 Å². The van der Waals surface area contributed by atoms with Crippen molar-refractivity contribution in [1.82, 2.24) is 4.98 Å². The van der Waals surface area contributed by atoms with Crippen molar-refractivity contribution in [2.45, 2.75) is 12.8 Å². The Balaban J connectivity index is 1.86. The van der Waals surface area contributed by atoms with Crippen LogP contribution in [0, 0.1) is 11.3 Å². The lowest BCUT2D eigenvalue weighted by molar-refractivity contribution is -0.116. The van der Waals surface area contributed by atoms with E-state index in [0.717, 1.165) is 5.69 Å². The van der Waals surface area contributed by atoms with E-state index < -0.39 is 0 Å². The minimum Gasteiger partial charge on any atom is -0.326 e. The van der Waals surface area contributed by atoms with Crippen LogP contribution in [0.4, 0.5) is 5.69 Å². The highest BCUT2D eigenvalue weighted by Gasteiger charge is 2.03. The van der Waals surface area contributed by atoms with Gasteiger partial charge in [0.2, 0.25) is 5.91 Å². The van der Waals surface area contributed by atoms with Crippen molar-refractivity contribution in [3.05, 3.63) is 59.9 Å². The number of nitrogens with zero attached hydrogens (tertiary/aromatic N) is 2. The fraction of sp³-hybridized carbons (Fsp3) is 0.133. The summed E-state index contributed by atoms with van der Waals surface area (Å²) in [4.78, 5) is 15.9. The number of anilines is 1. The van der Waals surface area contributed by atoms with Gasteiger partial charge in [-0.15, -0.1) is 0 Å². The number of pyridine rings is 1. The molecule has 0 radical (unpaired) electrons. The van der Waals surface area contributed by atoms with Crippen LogP contribution in [-0.2, 0) is 11.2 Å². The standard InChI is InChI=1S/C15H13N3O/c16-11-12-4-6-14(7-5-12)18-15(19)9-8-13-3-1-2-10-17-13/h1-7,10H,8-9H2,(H,18,19). The van der Waals surface area contributed by atoms with E-state index in [1.807, 2.05) is 24.3 Å². The van der Waals surface area contributed by atoms with Crippen molar-refractivity contribution in [1.29, 1.82) is 5.26 Å². The molecule has 0 fully saturated rings. The number of amides is 1. The molecule has 2 rings (SSSR count). The fourth-order valence-electron chi connectivity index (χ4n) is 1.64. The summed E-state index contributed by atoms with van der Waals surface area (Å²) in [6.45, 7) is 0. The Morgan fingerprint density at radius 1 is 1.21 bits per heavy atom. The second kappa shape index (κ2) is 6.31. The third kappa shape index (κ3) is 3.93. The van der Waals surface area contributed by atoms with Gasteiger partial charge in [0.15, 0.2) is 0 Å². The summed E-state index contributed by atoms with van der Waals surface area (Å²) < 4.78 is 0. The third-order valence-electron chi connectivity index (χ3n) is 2.63. The molecule has 0 spiro atoms. The number of nitriles is 1. The average Bonchev–Trinajstić information content (AvgIpc) is 2.47. The maximum absolute atomic E-state index is 11.7. The Kier molecular flexibility index (Phi) is 4.25. The summed E-state index contributed by atoms with van der Waals surface area (Å²) in [6.07, 6.45) is 2.72. The first-order valence-electron chi connectivity index (χ1n) is 5.98. The highest BCUT2D eigenvalue weighted by molar-refractivity contribution is 5.90. The molecule has 4 nitrogen and oxygen atoms in total. The monoisotopic (exact) mass is 251 g/mol. The first-order chi connectivity index (χ1) is 9.28. The number of carbonyl (C=O) groups excluding carboxylic acids is 1. The van der Waals surface area contributed by atoms with E-state index in [2.05, 4.69) is 10.3 Å². The zero-order valence-corrected chi connectivity index (χ0v) is 10.3. The lowest BCUT2D eigenvalue weighted by atomic mass is 10.2. The van der Waals surface area contributed by atoms with Crippen LogP contribution in [0.5, 0.6) is 0 Å². The molecule has 1 heterocycles. The largest absolute Gasteiger partial charge is 0.326 e. The number of hydrogen-bond donors (Lipinski definition) is 1. The summed E-state index contributed by atoms with van der Waals surface area (Å²) in [5.41, 5.74) is 2.17. The Morgan fingerprint density at radius 3 is 2.63 bits per heavy atom.